The fourth-order valence-electron chi connectivity index (χ4n) is 2.01. The molecule has 0 bridgehead atoms. The van der Waals surface area contributed by atoms with E-state index in [-0.39, 0.29) is 0 Å². The molecule has 1 N–H and O–H groups in total. The maximum Gasteiger partial charge on any atom is 0.0690 e. The summed E-state index contributed by atoms with van der Waals surface area (Å²) in [6.45, 7) is 5.50. The van der Waals surface area contributed by atoms with Crippen molar-refractivity contribution < 1.29 is 4.74 Å². The standard InChI is InChI=1S/C16H23N3O/c1-2-3-12-20-13-10-17-14-15-7-4-5-8-16(15)19-11-6-9-18-19/h4-9,11,17H,2-3,10,12-14H2,1H3. The van der Waals surface area contributed by atoms with Gasteiger partial charge in [0.2, 0.25) is 0 Å². The molecule has 2 aromatic rings. The molecule has 0 aliphatic heterocycles. The van der Waals surface area contributed by atoms with Crippen molar-refractivity contribution in [3.05, 3.63) is 48.3 Å². The van der Waals surface area contributed by atoms with Gasteiger partial charge in [0.05, 0.1) is 12.3 Å². The molecule has 0 aliphatic carbocycles. The lowest BCUT2D eigenvalue weighted by molar-refractivity contribution is 0.133. The van der Waals surface area contributed by atoms with E-state index >= 15 is 0 Å². The Morgan fingerprint density at radius 1 is 1.20 bits per heavy atom. The Morgan fingerprint density at radius 2 is 2.10 bits per heavy atom. The van der Waals surface area contributed by atoms with E-state index in [1.54, 1.807) is 6.20 Å². The third-order valence-corrected chi connectivity index (χ3v) is 3.12. The highest BCUT2D eigenvalue weighted by Gasteiger charge is 2.03. The highest BCUT2D eigenvalue weighted by Crippen LogP contribution is 2.12. The Bertz CT molecular complexity index is 482. The van der Waals surface area contributed by atoms with Crippen LogP contribution in [-0.4, -0.2) is 29.5 Å². The lowest BCUT2D eigenvalue weighted by atomic mass is 10.2. The van der Waals surface area contributed by atoms with Gasteiger partial charge in [0.25, 0.3) is 0 Å². The lowest BCUT2D eigenvalue weighted by Crippen LogP contribution is -2.20. The Labute approximate surface area is 120 Å². The van der Waals surface area contributed by atoms with Gasteiger partial charge >= 0.3 is 0 Å². The molecule has 0 spiro atoms. The smallest absolute Gasteiger partial charge is 0.0690 e. The van der Waals surface area contributed by atoms with Gasteiger partial charge in [-0.15, -0.1) is 0 Å². The Kier molecular flexibility index (Phi) is 6.27. The highest BCUT2D eigenvalue weighted by atomic mass is 16.5. The van der Waals surface area contributed by atoms with Crippen LogP contribution in [0.3, 0.4) is 0 Å². The molecule has 0 saturated carbocycles. The number of ether oxygens (including phenoxy) is 1. The topological polar surface area (TPSA) is 39.1 Å². The van der Waals surface area contributed by atoms with Crippen LogP contribution in [0.5, 0.6) is 0 Å². The van der Waals surface area contributed by atoms with E-state index in [0.29, 0.717) is 0 Å². The van der Waals surface area contributed by atoms with Crippen molar-refractivity contribution in [3.8, 4) is 5.69 Å². The van der Waals surface area contributed by atoms with Crippen LogP contribution in [0.15, 0.2) is 42.7 Å². The van der Waals surface area contributed by atoms with Crippen LogP contribution in [0.2, 0.25) is 0 Å². The summed E-state index contributed by atoms with van der Waals surface area (Å²) in [5.74, 6) is 0. The fourth-order valence-corrected chi connectivity index (χ4v) is 2.01. The number of benzene rings is 1. The molecule has 0 saturated heterocycles. The van der Waals surface area contributed by atoms with E-state index in [1.807, 2.05) is 23.0 Å². The zero-order chi connectivity index (χ0) is 14.0. The third kappa shape index (κ3) is 4.47. The van der Waals surface area contributed by atoms with Crippen LogP contribution in [0, 0.1) is 0 Å². The maximum absolute atomic E-state index is 5.53. The number of unbranched alkanes of at least 4 members (excludes halogenated alkanes) is 1. The summed E-state index contributed by atoms with van der Waals surface area (Å²) >= 11 is 0. The molecule has 0 amide bonds. The second-order valence-electron chi connectivity index (χ2n) is 4.72. The molecule has 2 rings (SSSR count). The van der Waals surface area contributed by atoms with Gasteiger partial charge in [-0.1, -0.05) is 31.5 Å². The summed E-state index contributed by atoms with van der Waals surface area (Å²) in [5.41, 5.74) is 2.36. The van der Waals surface area contributed by atoms with E-state index < -0.39 is 0 Å². The minimum absolute atomic E-state index is 0.768. The van der Waals surface area contributed by atoms with E-state index in [4.69, 9.17) is 4.74 Å². The zero-order valence-corrected chi connectivity index (χ0v) is 12.1. The summed E-state index contributed by atoms with van der Waals surface area (Å²) in [4.78, 5) is 0. The second-order valence-corrected chi connectivity index (χ2v) is 4.72. The monoisotopic (exact) mass is 273 g/mol. The summed E-state index contributed by atoms with van der Waals surface area (Å²) in [6, 6.07) is 10.2. The van der Waals surface area contributed by atoms with Crippen molar-refractivity contribution in [2.24, 2.45) is 0 Å². The van der Waals surface area contributed by atoms with Crippen LogP contribution in [-0.2, 0) is 11.3 Å². The van der Waals surface area contributed by atoms with Crippen molar-refractivity contribution in [2.45, 2.75) is 26.3 Å². The van der Waals surface area contributed by atoms with E-state index in [9.17, 15) is 0 Å². The number of aromatic nitrogens is 2. The van der Waals surface area contributed by atoms with Crippen molar-refractivity contribution in [3.63, 3.8) is 0 Å². The third-order valence-electron chi connectivity index (χ3n) is 3.12. The summed E-state index contributed by atoms with van der Waals surface area (Å²) in [6.07, 6.45) is 6.09. The average Bonchev–Trinajstić information content (AvgIpc) is 3.01. The molecule has 4 heteroatoms. The molecule has 0 aliphatic rings. The Hall–Kier alpha value is -1.65. The molecule has 1 aromatic carbocycles. The first kappa shape index (κ1) is 14.8. The first-order valence-electron chi connectivity index (χ1n) is 7.28. The number of hydrogen-bond donors (Lipinski definition) is 1. The summed E-state index contributed by atoms with van der Waals surface area (Å²) < 4.78 is 7.43. The van der Waals surface area contributed by atoms with Gasteiger partial charge in [0.1, 0.15) is 0 Å². The van der Waals surface area contributed by atoms with Crippen LogP contribution in [0.25, 0.3) is 5.69 Å². The quantitative estimate of drug-likeness (QED) is 0.714. The van der Waals surface area contributed by atoms with Gasteiger partial charge in [0, 0.05) is 32.1 Å². The van der Waals surface area contributed by atoms with Gasteiger partial charge in [-0.25, -0.2) is 4.68 Å². The minimum Gasteiger partial charge on any atom is -0.380 e. The highest BCUT2D eigenvalue weighted by molar-refractivity contribution is 5.40. The first-order valence-corrected chi connectivity index (χ1v) is 7.28. The molecular formula is C16H23N3O. The van der Waals surface area contributed by atoms with Crippen LogP contribution >= 0.6 is 0 Å². The van der Waals surface area contributed by atoms with E-state index in [2.05, 4.69) is 35.5 Å². The van der Waals surface area contributed by atoms with Crippen LogP contribution in [0.1, 0.15) is 25.3 Å². The molecule has 108 valence electrons. The number of nitrogens with one attached hydrogen (secondary N) is 1. The van der Waals surface area contributed by atoms with Gasteiger partial charge < -0.3 is 10.1 Å². The maximum atomic E-state index is 5.53. The predicted molar refractivity (Wildman–Crippen MR) is 81.0 cm³/mol. The molecule has 0 radical (unpaired) electrons. The lowest BCUT2D eigenvalue weighted by Gasteiger charge is -2.10. The molecule has 20 heavy (non-hydrogen) atoms. The summed E-state index contributed by atoms with van der Waals surface area (Å²) in [7, 11) is 0. The van der Waals surface area contributed by atoms with Gasteiger partial charge in [-0.05, 0) is 24.1 Å². The average molecular weight is 273 g/mol. The van der Waals surface area contributed by atoms with Crippen molar-refractivity contribution in [1.82, 2.24) is 15.1 Å². The molecule has 0 atom stereocenters. The largest absolute Gasteiger partial charge is 0.380 e. The molecule has 1 aromatic heterocycles. The molecule has 0 unspecified atom stereocenters. The zero-order valence-electron chi connectivity index (χ0n) is 12.1. The number of rotatable bonds is 9. The second kappa shape index (κ2) is 8.51. The number of para-hydroxylation sites is 1. The van der Waals surface area contributed by atoms with Crippen LogP contribution < -0.4 is 5.32 Å². The molecule has 4 nitrogen and oxygen atoms in total. The van der Waals surface area contributed by atoms with Gasteiger partial charge in [-0.2, -0.15) is 5.10 Å². The van der Waals surface area contributed by atoms with Crippen molar-refractivity contribution in [1.29, 1.82) is 0 Å². The van der Waals surface area contributed by atoms with Crippen molar-refractivity contribution in [2.75, 3.05) is 19.8 Å². The normalized spacial score (nSPS) is 10.8. The Balaban J connectivity index is 1.79. The minimum atomic E-state index is 0.768. The van der Waals surface area contributed by atoms with Gasteiger partial charge in [-0.3, -0.25) is 0 Å². The number of nitrogens with zero attached hydrogens (tertiary/aromatic N) is 2. The molecular weight excluding hydrogens is 250 g/mol. The van der Waals surface area contributed by atoms with Gasteiger partial charge in [0.15, 0.2) is 0 Å². The first-order chi connectivity index (χ1) is 9.92. The van der Waals surface area contributed by atoms with Crippen LogP contribution in [0.4, 0.5) is 0 Å². The molecule has 0 fully saturated rings. The van der Waals surface area contributed by atoms with E-state index in [1.165, 1.54) is 12.0 Å². The number of hydrogen-bond acceptors (Lipinski definition) is 3. The SMILES string of the molecule is CCCCOCCNCc1ccccc1-n1cccn1. The fraction of sp³-hybridized carbons (Fsp3) is 0.438. The Morgan fingerprint density at radius 3 is 2.90 bits per heavy atom. The molecule has 1 heterocycles. The van der Waals surface area contributed by atoms with Crippen molar-refractivity contribution >= 4 is 0 Å². The summed E-state index contributed by atoms with van der Waals surface area (Å²) in [5, 5.41) is 7.70. The van der Waals surface area contributed by atoms with E-state index in [0.717, 1.165) is 38.4 Å². The predicted octanol–water partition coefficient (Wildman–Crippen LogP) is 2.78.